The zero-order valence-corrected chi connectivity index (χ0v) is 10.5. The highest BCUT2D eigenvalue weighted by Gasteiger charge is 2.21. The van der Waals surface area contributed by atoms with Crippen molar-refractivity contribution in [1.29, 1.82) is 0 Å². The lowest BCUT2D eigenvalue weighted by Crippen LogP contribution is -2.25. The molecule has 0 aliphatic heterocycles. The molecule has 16 heavy (non-hydrogen) atoms. The third-order valence-corrected chi connectivity index (χ3v) is 2.61. The number of rotatable bonds is 6. The normalized spacial score (nSPS) is 14.1. The average Bonchev–Trinajstić information content (AvgIpc) is 2.64. The van der Waals surface area contributed by atoms with Crippen LogP contribution in [0.1, 0.15) is 38.9 Å². The van der Waals surface area contributed by atoms with E-state index in [9.17, 15) is 0 Å². The van der Waals surface area contributed by atoms with E-state index in [1.807, 2.05) is 20.8 Å². The molecule has 5 heteroatoms. The van der Waals surface area contributed by atoms with Crippen LogP contribution >= 0.6 is 0 Å². The van der Waals surface area contributed by atoms with E-state index in [0.717, 1.165) is 6.42 Å². The maximum Gasteiger partial charge on any atom is 0.229 e. The van der Waals surface area contributed by atoms with Gasteiger partial charge in [-0.1, -0.05) is 12.1 Å². The molecule has 0 bridgehead atoms. The number of ether oxygens (including phenoxy) is 1. The molecule has 0 aliphatic carbocycles. The molecule has 92 valence electrons. The fourth-order valence-electron chi connectivity index (χ4n) is 1.26. The highest BCUT2D eigenvalue weighted by atomic mass is 16.5. The van der Waals surface area contributed by atoms with Crippen LogP contribution in [0.2, 0.25) is 0 Å². The number of nitrogens with two attached hydrogens (primary N) is 1. The maximum atomic E-state index is 5.82. The van der Waals surface area contributed by atoms with Crippen LogP contribution in [0.25, 0.3) is 0 Å². The van der Waals surface area contributed by atoms with Gasteiger partial charge < -0.3 is 15.0 Å². The van der Waals surface area contributed by atoms with Crippen LogP contribution in [0, 0.1) is 0 Å². The average molecular weight is 227 g/mol. The van der Waals surface area contributed by atoms with Gasteiger partial charge in [-0.3, -0.25) is 0 Å². The lowest BCUT2D eigenvalue weighted by Gasteiger charge is -2.19. The molecule has 0 saturated carbocycles. The molecule has 1 aromatic rings. The standard InChI is InChI=1S/C11H21N3O2/c1-5-8(12)6-9-13-10(16-14-9)7-11(2,3)15-4/h8H,5-7,12H2,1-4H3. The van der Waals surface area contributed by atoms with Gasteiger partial charge in [0.15, 0.2) is 5.82 Å². The van der Waals surface area contributed by atoms with Crippen molar-refractivity contribution in [3.63, 3.8) is 0 Å². The number of hydrogen-bond donors (Lipinski definition) is 1. The van der Waals surface area contributed by atoms with Crippen LogP contribution in [-0.4, -0.2) is 28.9 Å². The number of nitrogens with zero attached hydrogens (tertiary/aromatic N) is 2. The van der Waals surface area contributed by atoms with E-state index in [2.05, 4.69) is 10.1 Å². The first kappa shape index (κ1) is 13.1. The highest BCUT2D eigenvalue weighted by molar-refractivity contribution is 4.92. The molecule has 1 aromatic heterocycles. The molecule has 1 unspecified atom stereocenters. The van der Waals surface area contributed by atoms with Gasteiger partial charge in [0.1, 0.15) is 0 Å². The van der Waals surface area contributed by atoms with Crippen molar-refractivity contribution < 1.29 is 9.26 Å². The van der Waals surface area contributed by atoms with Gasteiger partial charge in [0.05, 0.1) is 12.0 Å². The van der Waals surface area contributed by atoms with Crippen LogP contribution < -0.4 is 5.73 Å². The second-order valence-electron chi connectivity index (χ2n) is 4.62. The summed E-state index contributed by atoms with van der Waals surface area (Å²) >= 11 is 0. The molecule has 0 aliphatic rings. The molecule has 0 aromatic carbocycles. The van der Waals surface area contributed by atoms with E-state index in [0.29, 0.717) is 24.6 Å². The maximum absolute atomic E-state index is 5.82. The van der Waals surface area contributed by atoms with Crippen LogP contribution in [0.15, 0.2) is 4.52 Å². The van der Waals surface area contributed by atoms with Crippen molar-refractivity contribution in [2.45, 2.75) is 51.7 Å². The zero-order valence-electron chi connectivity index (χ0n) is 10.5. The Balaban J connectivity index is 2.58. The van der Waals surface area contributed by atoms with Crippen molar-refractivity contribution in [1.82, 2.24) is 10.1 Å². The minimum atomic E-state index is -0.281. The number of methoxy groups -OCH3 is 1. The second-order valence-corrected chi connectivity index (χ2v) is 4.62. The summed E-state index contributed by atoms with van der Waals surface area (Å²) in [4.78, 5) is 4.29. The van der Waals surface area contributed by atoms with Gasteiger partial charge in [-0.05, 0) is 20.3 Å². The Morgan fingerprint density at radius 1 is 1.50 bits per heavy atom. The SMILES string of the molecule is CCC(N)Cc1noc(CC(C)(C)OC)n1. The molecule has 5 nitrogen and oxygen atoms in total. The monoisotopic (exact) mass is 227 g/mol. The minimum Gasteiger partial charge on any atom is -0.378 e. The summed E-state index contributed by atoms with van der Waals surface area (Å²) in [6.07, 6.45) is 2.18. The fraction of sp³-hybridized carbons (Fsp3) is 0.818. The Labute approximate surface area is 96.4 Å². The Kier molecular flexibility index (Phi) is 4.44. The molecule has 0 fully saturated rings. The predicted molar refractivity (Wildman–Crippen MR) is 61.1 cm³/mol. The van der Waals surface area contributed by atoms with E-state index < -0.39 is 0 Å². The topological polar surface area (TPSA) is 74.2 Å². The van der Waals surface area contributed by atoms with Gasteiger partial charge in [0, 0.05) is 19.6 Å². The van der Waals surface area contributed by atoms with Crippen LogP contribution in [0.5, 0.6) is 0 Å². The molecule has 2 N–H and O–H groups in total. The molecule has 0 radical (unpaired) electrons. The zero-order chi connectivity index (χ0) is 12.2. The third kappa shape index (κ3) is 3.90. The van der Waals surface area contributed by atoms with Crippen LogP contribution in [-0.2, 0) is 17.6 Å². The Bertz CT molecular complexity index is 323. The Hall–Kier alpha value is -0.940. The molecule has 0 amide bonds. The van der Waals surface area contributed by atoms with Crippen molar-refractivity contribution in [3.8, 4) is 0 Å². The van der Waals surface area contributed by atoms with Crippen LogP contribution in [0.4, 0.5) is 0 Å². The highest BCUT2D eigenvalue weighted by Crippen LogP contribution is 2.14. The summed E-state index contributed by atoms with van der Waals surface area (Å²) < 4.78 is 10.5. The summed E-state index contributed by atoms with van der Waals surface area (Å²) in [6.45, 7) is 6.00. The molecule has 1 atom stereocenters. The smallest absolute Gasteiger partial charge is 0.229 e. The van der Waals surface area contributed by atoms with E-state index >= 15 is 0 Å². The largest absolute Gasteiger partial charge is 0.378 e. The van der Waals surface area contributed by atoms with E-state index in [1.165, 1.54) is 0 Å². The van der Waals surface area contributed by atoms with Crippen molar-refractivity contribution in [2.75, 3.05) is 7.11 Å². The molecule has 1 rings (SSSR count). The predicted octanol–water partition coefficient (Wildman–Crippen LogP) is 1.32. The van der Waals surface area contributed by atoms with Crippen molar-refractivity contribution in [2.24, 2.45) is 5.73 Å². The van der Waals surface area contributed by atoms with Gasteiger partial charge in [-0.25, -0.2) is 0 Å². The van der Waals surface area contributed by atoms with Crippen molar-refractivity contribution >= 4 is 0 Å². The van der Waals surface area contributed by atoms with Gasteiger partial charge >= 0.3 is 0 Å². The molecule has 0 saturated heterocycles. The molecule has 1 heterocycles. The minimum absolute atomic E-state index is 0.0980. The first-order chi connectivity index (χ1) is 7.46. The van der Waals surface area contributed by atoms with Crippen molar-refractivity contribution in [3.05, 3.63) is 11.7 Å². The Morgan fingerprint density at radius 2 is 2.19 bits per heavy atom. The van der Waals surface area contributed by atoms with Gasteiger partial charge in [-0.15, -0.1) is 0 Å². The summed E-state index contributed by atoms with van der Waals surface area (Å²) in [7, 11) is 1.67. The van der Waals surface area contributed by atoms with Crippen LogP contribution in [0.3, 0.4) is 0 Å². The summed E-state index contributed by atoms with van der Waals surface area (Å²) in [6, 6.07) is 0.0980. The number of hydrogen-bond acceptors (Lipinski definition) is 5. The van der Waals surface area contributed by atoms with Gasteiger partial charge in [0.25, 0.3) is 0 Å². The summed E-state index contributed by atoms with van der Waals surface area (Å²) in [5, 5.41) is 3.90. The molecular weight excluding hydrogens is 206 g/mol. The number of aromatic nitrogens is 2. The first-order valence-corrected chi connectivity index (χ1v) is 5.59. The third-order valence-electron chi connectivity index (χ3n) is 2.61. The Morgan fingerprint density at radius 3 is 2.75 bits per heavy atom. The quantitative estimate of drug-likeness (QED) is 0.793. The summed E-state index contributed by atoms with van der Waals surface area (Å²) in [5.41, 5.74) is 5.54. The lowest BCUT2D eigenvalue weighted by molar-refractivity contribution is 0.0170. The van der Waals surface area contributed by atoms with Gasteiger partial charge in [-0.2, -0.15) is 4.98 Å². The van der Waals surface area contributed by atoms with E-state index in [1.54, 1.807) is 7.11 Å². The first-order valence-electron chi connectivity index (χ1n) is 5.59. The van der Waals surface area contributed by atoms with E-state index in [4.69, 9.17) is 15.0 Å². The molecule has 0 spiro atoms. The van der Waals surface area contributed by atoms with E-state index in [-0.39, 0.29) is 11.6 Å². The lowest BCUT2D eigenvalue weighted by atomic mass is 10.1. The molecular formula is C11H21N3O2. The fourth-order valence-corrected chi connectivity index (χ4v) is 1.26. The second kappa shape index (κ2) is 5.41. The summed E-state index contributed by atoms with van der Waals surface area (Å²) in [5.74, 6) is 1.28. The van der Waals surface area contributed by atoms with Gasteiger partial charge in [0.2, 0.25) is 5.89 Å².